The maximum atomic E-state index is 10.6. The lowest BCUT2D eigenvalue weighted by Gasteiger charge is -2.37. The van der Waals surface area contributed by atoms with Crippen molar-refractivity contribution in [3.05, 3.63) is 0 Å². The molecule has 1 heterocycles. The van der Waals surface area contributed by atoms with Crippen LogP contribution in [0.1, 0.15) is 20.3 Å². The van der Waals surface area contributed by atoms with Gasteiger partial charge in [-0.1, -0.05) is 0 Å². The first kappa shape index (κ1) is 5.60. The van der Waals surface area contributed by atoms with E-state index >= 15 is 0 Å². The van der Waals surface area contributed by atoms with Gasteiger partial charge in [0.2, 0.25) is 5.91 Å². The van der Waals surface area contributed by atoms with Crippen LogP contribution >= 0.6 is 0 Å². The number of β-lactam (4-membered cyclic amide) rings is 1. The zero-order valence-electron chi connectivity index (χ0n) is 5.35. The van der Waals surface area contributed by atoms with E-state index in [9.17, 15) is 4.79 Å². The Hall–Kier alpha value is -0.530. The van der Waals surface area contributed by atoms with Crippen molar-refractivity contribution in [2.45, 2.75) is 26.3 Å². The quantitative estimate of drug-likeness (QED) is 0.457. The number of amides is 1. The minimum absolute atomic E-state index is 0.306. The first-order valence-corrected chi connectivity index (χ1v) is 3.05. The molecule has 1 fully saturated rings. The van der Waals surface area contributed by atoms with Crippen LogP contribution in [0.5, 0.6) is 0 Å². The standard InChI is InChI=1S/C6H11NO/c1-3-7-5(2)4-6(7)8/h5H,3-4H2,1-2H3. The molecule has 1 atom stereocenters. The van der Waals surface area contributed by atoms with Gasteiger partial charge in [-0.3, -0.25) is 4.79 Å². The molecule has 1 saturated heterocycles. The van der Waals surface area contributed by atoms with Crippen molar-refractivity contribution < 1.29 is 4.79 Å². The number of likely N-dealkylation sites (tertiary alicyclic amines) is 1. The molecule has 1 aliphatic rings. The molecule has 0 bridgehead atoms. The van der Waals surface area contributed by atoms with Gasteiger partial charge in [0.05, 0.1) is 0 Å². The summed E-state index contributed by atoms with van der Waals surface area (Å²) in [7, 11) is 0. The van der Waals surface area contributed by atoms with Crippen LogP contribution in [0.3, 0.4) is 0 Å². The Morgan fingerprint density at radius 3 is 2.62 bits per heavy atom. The summed E-state index contributed by atoms with van der Waals surface area (Å²) in [5.41, 5.74) is 0. The van der Waals surface area contributed by atoms with E-state index in [-0.39, 0.29) is 0 Å². The molecule has 1 aliphatic heterocycles. The highest BCUT2D eigenvalue weighted by Gasteiger charge is 2.29. The Kier molecular flexibility index (Phi) is 1.24. The van der Waals surface area contributed by atoms with Gasteiger partial charge in [-0.25, -0.2) is 0 Å². The van der Waals surface area contributed by atoms with E-state index in [0.717, 1.165) is 13.0 Å². The summed E-state index contributed by atoms with van der Waals surface area (Å²) in [4.78, 5) is 12.5. The Morgan fingerprint density at radius 2 is 2.50 bits per heavy atom. The van der Waals surface area contributed by atoms with Gasteiger partial charge >= 0.3 is 0 Å². The zero-order chi connectivity index (χ0) is 6.15. The van der Waals surface area contributed by atoms with Crippen LogP contribution in [0.4, 0.5) is 0 Å². The summed E-state index contributed by atoms with van der Waals surface area (Å²) in [6.07, 6.45) is 0.758. The van der Waals surface area contributed by atoms with Gasteiger partial charge < -0.3 is 4.90 Å². The maximum Gasteiger partial charge on any atom is 0.224 e. The molecule has 8 heavy (non-hydrogen) atoms. The van der Waals surface area contributed by atoms with E-state index in [0.29, 0.717) is 11.9 Å². The average Bonchev–Trinajstić information content (AvgIpc) is 1.67. The Balaban J connectivity index is 2.40. The van der Waals surface area contributed by atoms with Crippen LogP contribution < -0.4 is 0 Å². The summed E-state index contributed by atoms with van der Waals surface area (Å²) in [6, 6.07) is 0.507. The zero-order valence-corrected chi connectivity index (χ0v) is 5.35. The highest BCUT2D eigenvalue weighted by atomic mass is 16.2. The topological polar surface area (TPSA) is 20.3 Å². The fraction of sp³-hybridized carbons (Fsp3) is 0.833. The molecule has 0 N–H and O–H groups in total. The normalized spacial score (nSPS) is 28.0. The van der Waals surface area contributed by atoms with E-state index in [2.05, 4.69) is 6.92 Å². The molecule has 2 nitrogen and oxygen atoms in total. The smallest absolute Gasteiger partial charge is 0.224 e. The predicted molar refractivity (Wildman–Crippen MR) is 31.5 cm³/mol. The van der Waals surface area contributed by atoms with Gasteiger partial charge in [-0.05, 0) is 13.8 Å². The highest BCUT2D eigenvalue weighted by Crippen LogP contribution is 2.16. The number of rotatable bonds is 1. The fourth-order valence-corrected chi connectivity index (χ4v) is 1.10. The molecule has 0 saturated carbocycles. The lowest BCUT2D eigenvalue weighted by molar-refractivity contribution is -0.144. The minimum Gasteiger partial charge on any atom is -0.340 e. The van der Waals surface area contributed by atoms with Crippen LogP contribution in [0.2, 0.25) is 0 Å². The summed E-state index contributed by atoms with van der Waals surface area (Å²) < 4.78 is 0. The Labute approximate surface area is 49.5 Å². The van der Waals surface area contributed by atoms with E-state index < -0.39 is 0 Å². The van der Waals surface area contributed by atoms with Crippen molar-refractivity contribution in [3.63, 3.8) is 0 Å². The summed E-state index contributed by atoms with van der Waals surface area (Å²) in [6.45, 7) is 4.96. The third-order valence-electron chi connectivity index (χ3n) is 1.66. The lowest BCUT2D eigenvalue weighted by Crippen LogP contribution is -2.50. The summed E-state index contributed by atoms with van der Waals surface area (Å²) >= 11 is 0. The van der Waals surface area contributed by atoms with Crippen molar-refractivity contribution in [2.75, 3.05) is 6.54 Å². The van der Waals surface area contributed by atoms with Crippen molar-refractivity contribution in [1.29, 1.82) is 0 Å². The fourth-order valence-electron chi connectivity index (χ4n) is 1.10. The van der Waals surface area contributed by atoms with Gasteiger partial charge in [0.25, 0.3) is 0 Å². The first-order chi connectivity index (χ1) is 3.75. The summed E-state index contributed by atoms with van der Waals surface area (Å²) in [5, 5.41) is 0. The van der Waals surface area contributed by atoms with E-state index in [1.807, 2.05) is 11.8 Å². The number of hydrogen-bond acceptors (Lipinski definition) is 1. The van der Waals surface area contributed by atoms with E-state index in [1.165, 1.54) is 0 Å². The van der Waals surface area contributed by atoms with E-state index in [1.54, 1.807) is 0 Å². The Bertz CT molecular complexity index is 111. The second-order valence-corrected chi connectivity index (χ2v) is 2.23. The molecule has 1 amide bonds. The van der Waals surface area contributed by atoms with Crippen LogP contribution in [-0.4, -0.2) is 23.4 Å². The van der Waals surface area contributed by atoms with Gasteiger partial charge in [0.15, 0.2) is 0 Å². The third-order valence-corrected chi connectivity index (χ3v) is 1.66. The molecule has 0 aliphatic carbocycles. The Morgan fingerprint density at radius 1 is 1.88 bits per heavy atom. The maximum absolute atomic E-state index is 10.6. The number of nitrogens with zero attached hydrogens (tertiary/aromatic N) is 1. The summed E-state index contributed by atoms with van der Waals surface area (Å²) in [5.74, 6) is 0.306. The average molecular weight is 113 g/mol. The van der Waals surface area contributed by atoms with Crippen molar-refractivity contribution in [1.82, 2.24) is 4.90 Å². The van der Waals surface area contributed by atoms with E-state index in [4.69, 9.17) is 0 Å². The molecule has 0 radical (unpaired) electrons. The number of carbonyl (C=O) groups excluding carboxylic acids is 1. The predicted octanol–water partition coefficient (Wildman–Crippen LogP) is 0.627. The van der Waals surface area contributed by atoms with Gasteiger partial charge in [0.1, 0.15) is 0 Å². The van der Waals surface area contributed by atoms with Gasteiger partial charge in [0, 0.05) is 19.0 Å². The largest absolute Gasteiger partial charge is 0.340 e. The molecule has 0 spiro atoms. The molecule has 0 aromatic heterocycles. The lowest BCUT2D eigenvalue weighted by atomic mass is 10.1. The van der Waals surface area contributed by atoms with Gasteiger partial charge in [-0.2, -0.15) is 0 Å². The van der Waals surface area contributed by atoms with Crippen LogP contribution in [-0.2, 0) is 4.79 Å². The molecule has 46 valence electrons. The molecular weight excluding hydrogens is 102 g/mol. The number of carbonyl (C=O) groups is 1. The minimum atomic E-state index is 0.306. The highest BCUT2D eigenvalue weighted by molar-refractivity contribution is 5.82. The van der Waals surface area contributed by atoms with Crippen LogP contribution in [0.25, 0.3) is 0 Å². The monoisotopic (exact) mass is 113 g/mol. The van der Waals surface area contributed by atoms with Gasteiger partial charge in [-0.15, -0.1) is 0 Å². The van der Waals surface area contributed by atoms with Crippen molar-refractivity contribution in [2.24, 2.45) is 0 Å². The van der Waals surface area contributed by atoms with Crippen molar-refractivity contribution in [3.8, 4) is 0 Å². The van der Waals surface area contributed by atoms with Crippen LogP contribution in [0, 0.1) is 0 Å². The molecular formula is C6H11NO. The second kappa shape index (κ2) is 1.77. The SMILES string of the molecule is CCN1C(=O)CC1C. The van der Waals surface area contributed by atoms with Crippen LogP contribution in [0.15, 0.2) is 0 Å². The van der Waals surface area contributed by atoms with Crippen molar-refractivity contribution >= 4 is 5.91 Å². The number of hydrogen-bond donors (Lipinski definition) is 0. The molecule has 2 heteroatoms. The first-order valence-electron chi connectivity index (χ1n) is 3.05. The molecule has 1 rings (SSSR count). The second-order valence-electron chi connectivity index (χ2n) is 2.23. The third kappa shape index (κ3) is 0.602. The molecule has 1 unspecified atom stereocenters. The molecule has 0 aromatic carbocycles. The molecule has 0 aromatic rings.